The van der Waals surface area contributed by atoms with E-state index in [4.69, 9.17) is 11.6 Å². The number of aliphatic hydroxyl groups is 1. The fourth-order valence-corrected chi connectivity index (χ4v) is 2.66. The molecule has 0 aromatic heterocycles. The Morgan fingerprint density at radius 3 is 2.81 bits per heavy atom. The molecule has 4 nitrogen and oxygen atoms in total. The van der Waals surface area contributed by atoms with Crippen molar-refractivity contribution in [3.8, 4) is 0 Å². The third-order valence-electron chi connectivity index (χ3n) is 2.88. The van der Waals surface area contributed by atoms with Crippen LogP contribution in [-0.2, 0) is 0 Å². The molecular formula is C14H20ClFN2O2S. The molecule has 2 unspecified atom stereocenters. The van der Waals surface area contributed by atoms with E-state index in [1.54, 1.807) is 19.9 Å². The van der Waals surface area contributed by atoms with Gasteiger partial charge in [0.25, 0.3) is 0 Å². The normalized spacial score (nSPS) is 15.1. The Morgan fingerprint density at radius 1 is 1.57 bits per heavy atom. The monoisotopic (exact) mass is 334 g/mol. The minimum absolute atomic E-state index is 0.0180. The lowest BCUT2D eigenvalue weighted by atomic mass is 10.1. The lowest BCUT2D eigenvalue weighted by Crippen LogP contribution is -2.46. The Balaban J connectivity index is 2.52. The first-order valence-electron chi connectivity index (χ1n) is 6.46. The van der Waals surface area contributed by atoms with E-state index in [0.29, 0.717) is 11.3 Å². The number of amides is 2. The summed E-state index contributed by atoms with van der Waals surface area (Å²) in [5.41, 5.74) is -0.258. The number of thioether (sulfide) groups is 1. The van der Waals surface area contributed by atoms with Gasteiger partial charge >= 0.3 is 6.03 Å². The standard InChI is InChI=1S/C14H20ClFN2O2S/c1-9(10-4-5-12(16)11(15)6-10)18-13(19)17-7-14(2,20)8-21-3/h4-6,9,20H,7-8H2,1-3H3,(H2,17,18,19). The van der Waals surface area contributed by atoms with Crippen LogP contribution in [0, 0.1) is 5.82 Å². The summed E-state index contributed by atoms with van der Waals surface area (Å²) in [5.74, 6) is 0.0290. The van der Waals surface area contributed by atoms with Crippen LogP contribution in [0.3, 0.4) is 0 Å². The first-order chi connectivity index (χ1) is 9.75. The second kappa shape index (κ2) is 7.87. The SMILES string of the molecule is CSCC(C)(O)CNC(=O)NC(C)c1ccc(F)c(Cl)c1. The van der Waals surface area contributed by atoms with Crippen molar-refractivity contribution in [2.45, 2.75) is 25.5 Å². The first kappa shape index (κ1) is 18.1. The van der Waals surface area contributed by atoms with Gasteiger partial charge in [0.1, 0.15) is 5.82 Å². The van der Waals surface area contributed by atoms with Crippen LogP contribution in [0.1, 0.15) is 25.5 Å². The highest BCUT2D eigenvalue weighted by Crippen LogP contribution is 2.20. The highest BCUT2D eigenvalue weighted by molar-refractivity contribution is 7.98. The number of urea groups is 1. The van der Waals surface area contributed by atoms with Crippen molar-refractivity contribution in [2.75, 3.05) is 18.6 Å². The molecule has 0 spiro atoms. The zero-order chi connectivity index (χ0) is 16.0. The largest absolute Gasteiger partial charge is 0.387 e. The van der Waals surface area contributed by atoms with Crippen molar-refractivity contribution in [1.29, 1.82) is 0 Å². The zero-order valence-electron chi connectivity index (χ0n) is 12.2. The summed E-state index contributed by atoms with van der Waals surface area (Å²) in [6.45, 7) is 3.58. The summed E-state index contributed by atoms with van der Waals surface area (Å²) in [4.78, 5) is 11.8. The second-order valence-corrected chi connectivity index (χ2v) is 6.43. The number of nitrogens with one attached hydrogen (secondary N) is 2. The quantitative estimate of drug-likeness (QED) is 0.749. The summed E-state index contributed by atoms with van der Waals surface area (Å²) in [6, 6.07) is 3.58. The van der Waals surface area contributed by atoms with E-state index in [9.17, 15) is 14.3 Å². The minimum Gasteiger partial charge on any atom is -0.387 e. The third-order valence-corrected chi connectivity index (χ3v) is 4.08. The topological polar surface area (TPSA) is 61.4 Å². The third kappa shape index (κ3) is 6.11. The predicted molar refractivity (Wildman–Crippen MR) is 85.4 cm³/mol. The molecule has 0 bridgehead atoms. The van der Waals surface area contributed by atoms with Gasteiger partial charge in [-0.1, -0.05) is 17.7 Å². The fraction of sp³-hybridized carbons (Fsp3) is 0.500. The molecule has 1 aromatic carbocycles. The molecule has 21 heavy (non-hydrogen) atoms. The first-order valence-corrected chi connectivity index (χ1v) is 8.23. The molecule has 1 rings (SSSR count). The average molecular weight is 335 g/mol. The van der Waals surface area contributed by atoms with Crippen LogP contribution < -0.4 is 10.6 Å². The van der Waals surface area contributed by atoms with Gasteiger partial charge in [-0.15, -0.1) is 0 Å². The smallest absolute Gasteiger partial charge is 0.315 e. The van der Waals surface area contributed by atoms with Crippen LogP contribution in [0.4, 0.5) is 9.18 Å². The molecule has 3 N–H and O–H groups in total. The van der Waals surface area contributed by atoms with Crippen LogP contribution in [-0.4, -0.2) is 35.3 Å². The summed E-state index contributed by atoms with van der Waals surface area (Å²) in [6.07, 6.45) is 1.88. The fourth-order valence-electron chi connectivity index (χ4n) is 1.75. The van der Waals surface area contributed by atoms with E-state index < -0.39 is 17.4 Å². The molecule has 7 heteroatoms. The predicted octanol–water partition coefficient (Wildman–Crippen LogP) is 2.95. The molecular weight excluding hydrogens is 315 g/mol. The van der Waals surface area contributed by atoms with Gasteiger partial charge in [-0.3, -0.25) is 0 Å². The molecule has 0 aliphatic heterocycles. The lowest BCUT2D eigenvalue weighted by molar-refractivity contribution is 0.0868. The van der Waals surface area contributed by atoms with Gasteiger partial charge in [0.05, 0.1) is 16.7 Å². The van der Waals surface area contributed by atoms with E-state index in [0.717, 1.165) is 0 Å². The molecule has 1 aromatic rings. The molecule has 0 fully saturated rings. The van der Waals surface area contributed by atoms with Gasteiger partial charge in [-0.2, -0.15) is 11.8 Å². The van der Waals surface area contributed by atoms with Crippen molar-refractivity contribution in [1.82, 2.24) is 10.6 Å². The average Bonchev–Trinajstić information content (AvgIpc) is 2.39. The molecule has 0 heterocycles. The number of halogens is 2. The number of rotatable bonds is 6. The molecule has 0 saturated carbocycles. The van der Waals surface area contributed by atoms with Gasteiger partial charge in [0.15, 0.2) is 0 Å². The Labute approximate surface area is 133 Å². The Kier molecular flexibility index (Phi) is 6.77. The van der Waals surface area contributed by atoms with E-state index in [2.05, 4.69) is 10.6 Å². The van der Waals surface area contributed by atoms with Crippen molar-refractivity contribution < 1.29 is 14.3 Å². The Bertz CT molecular complexity index is 500. The van der Waals surface area contributed by atoms with E-state index in [1.807, 2.05) is 6.26 Å². The molecule has 0 saturated heterocycles. The van der Waals surface area contributed by atoms with Crippen LogP contribution >= 0.6 is 23.4 Å². The maximum atomic E-state index is 13.1. The van der Waals surface area contributed by atoms with E-state index in [-0.39, 0.29) is 17.6 Å². The maximum absolute atomic E-state index is 13.1. The van der Waals surface area contributed by atoms with E-state index >= 15 is 0 Å². The summed E-state index contributed by atoms with van der Waals surface area (Å²) in [5, 5.41) is 15.3. The molecule has 0 aliphatic carbocycles. The van der Waals surface area contributed by atoms with E-state index in [1.165, 1.54) is 23.9 Å². The van der Waals surface area contributed by atoms with Gasteiger partial charge in [0, 0.05) is 12.3 Å². The zero-order valence-corrected chi connectivity index (χ0v) is 13.8. The number of hydrogen-bond donors (Lipinski definition) is 3. The Hall–Kier alpha value is -0.980. The van der Waals surface area contributed by atoms with Gasteiger partial charge in [0.2, 0.25) is 0 Å². The van der Waals surface area contributed by atoms with Gasteiger partial charge in [-0.25, -0.2) is 9.18 Å². The van der Waals surface area contributed by atoms with Crippen LogP contribution in [0.5, 0.6) is 0 Å². The van der Waals surface area contributed by atoms with Crippen LogP contribution in [0.2, 0.25) is 5.02 Å². The van der Waals surface area contributed by atoms with Gasteiger partial charge < -0.3 is 15.7 Å². The highest BCUT2D eigenvalue weighted by atomic mass is 35.5. The summed E-state index contributed by atoms with van der Waals surface area (Å²) in [7, 11) is 0. The van der Waals surface area contributed by atoms with Gasteiger partial charge in [-0.05, 0) is 37.8 Å². The number of carbonyl (C=O) groups excluding carboxylic acids is 1. The lowest BCUT2D eigenvalue weighted by Gasteiger charge is -2.23. The highest BCUT2D eigenvalue weighted by Gasteiger charge is 2.21. The van der Waals surface area contributed by atoms with Crippen molar-refractivity contribution in [3.63, 3.8) is 0 Å². The summed E-state index contributed by atoms with van der Waals surface area (Å²) >= 11 is 7.21. The van der Waals surface area contributed by atoms with Crippen molar-refractivity contribution >= 4 is 29.4 Å². The Morgan fingerprint density at radius 2 is 2.24 bits per heavy atom. The van der Waals surface area contributed by atoms with Crippen LogP contribution in [0.25, 0.3) is 0 Å². The number of carbonyl (C=O) groups is 1. The molecule has 2 amide bonds. The van der Waals surface area contributed by atoms with Crippen molar-refractivity contribution in [2.24, 2.45) is 0 Å². The second-order valence-electron chi connectivity index (χ2n) is 5.15. The maximum Gasteiger partial charge on any atom is 0.315 e. The summed E-state index contributed by atoms with van der Waals surface area (Å²) < 4.78 is 13.1. The van der Waals surface area contributed by atoms with Crippen molar-refractivity contribution in [3.05, 3.63) is 34.6 Å². The number of hydrogen-bond acceptors (Lipinski definition) is 3. The molecule has 118 valence electrons. The molecule has 2 atom stereocenters. The molecule has 0 aliphatic rings. The number of benzene rings is 1. The molecule has 0 radical (unpaired) electrons. The minimum atomic E-state index is -0.959. The van der Waals surface area contributed by atoms with Crippen LogP contribution in [0.15, 0.2) is 18.2 Å².